The highest BCUT2D eigenvalue weighted by molar-refractivity contribution is 5.94. The van der Waals surface area contributed by atoms with Gasteiger partial charge in [-0.25, -0.2) is 0 Å². The number of rotatable bonds is 7. The Morgan fingerprint density at radius 2 is 1.91 bits per heavy atom. The van der Waals surface area contributed by atoms with Crippen molar-refractivity contribution in [3.05, 3.63) is 29.8 Å². The minimum Gasteiger partial charge on any atom is -0.494 e. The lowest BCUT2D eigenvalue weighted by Crippen LogP contribution is -3.22. The van der Waals surface area contributed by atoms with Crippen molar-refractivity contribution < 1.29 is 19.2 Å². The molecule has 0 saturated carbocycles. The van der Waals surface area contributed by atoms with Crippen LogP contribution in [-0.4, -0.2) is 50.9 Å². The second-order valence-electron chi connectivity index (χ2n) is 6.66. The molecule has 1 heterocycles. The summed E-state index contributed by atoms with van der Waals surface area (Å²) in [6.07, 6.45) is 0.973. The van der Waals surface area contributed by atoms with E-state index in [1.54, 1.807) is 0 Å². The van der Waals surface area contributed by atoms with Gasteiger partial charge in [0.05, 0.1) is 26.4 Å². The van der Waals surface area contributed by atoms with Gasteiger partial charge in [-0.3, -0.25) is 4.79 Å². The first-order chi connectivity index (χ1) is 11.0. The lowest BCUT2D eigenvalue weighted by molar-refractivity contribution is -0.954. The summed E-state index contributed by atoms with van der Waals surface area (Å²) >= 11 is 0. The van der Waals surface area contributed by atoms with Crippen LogP contribution in [0.3, 0.4) is 0 Å². The summed E-state index contributed by atoms with van der Waals surface area (Å²) in [5.74, 6) is 0.772. The molecular weight excluding hydrogens is 292 g/mol. The summed E-state index contributed by atoms with van der Waals surface area (Å²) in [5, 5.41) is 3.06. The number of carbonyl (C=O) groups is 1. The number of hydrogen-bond acceptors (Lipinski definition) is 3. The van der Waals surface area contributed by atoms with Gasteiger partial charge in [0.2, 0.25) is 0 Å². The van der Waals surface area contributed by atoms with Crippen LogP contribution in [0.25, 0.3) is 0 Å². The van der Waals surface area contributed by atoms with Gasteiger partial charge in [-0.1, -0.05) is 6.92 Å². The quantitative estimate of drug-likeness (QED) is 0.784. The van der Waals surface area contributed by atoms with E-state index in [9.17, 15) is 4.79 Å². The molecule has 2 rings (SSSR count). The van der Waals surface area contributed by atoms with Crippen LogP contribution in [0, 0.1) is 0 Å². The zero-order valence-corrected chi connectivity index (χ0v) is 14.5. The Bertz CT molecular complexity index is 493. The van der Waals surface area contributed by atoms with Crippen LogP contribution in [0.1, 0.15) is 37.6 Å². The van der Waals surface area contributed by atoms with E-state index in [4.69, 9.17) is 9.47 Å². The van der Waals surface area contributed by atoms with E-state index in [0.717, 1.165) is 38.5 Å². The molecule has 23 heavy (non-hydrogen) atoms. The van der Waals surface area contributed by atoms with Crippen LogP contribution in [-0.2, 0) is 4.74 Å². The molecular formula is C18H29N2O3+. The van der Waals surface area contributed by atoms with Gasteiger partial charge in [0, 0.05) is 5.56 Å². The van der Waals surface area contributed by atoms with Gasteiger partial charge in [-0.15, -0.1) is 0 Å². The molecule has 5 nitrogen and oxygen atoms in total. The Hall–Kier alpha value is -1.59. The normalized spacial score (nSPS) is 16.1. The zero-order valence-electron chi connectivity index (χ0n) is 14.5. The molecule has 1 amide bonds. The highest BCUT2D eigenvalue weighted by Gasteiger charge is 2.32. The molecule has 2 N–H and O–H groups in total. The molecule has 0 aromatic heterocycles. The Morgan fingerprint density at radius 3 is 2.52 bits per heavy atom. The fourth-order valence-electron chi connectivity index (χ4n) is 2.75. The van der Waals surface area contributed by atoms with Crippen molar-refractivity contribution in [2.24, 2.45) is 0 Å². The minimum absolute atomic E-state index is 0.00359. The maximum atomic E-state index is 12.3. The molecule has 1 aromatic carbocycles. The average molecular weight is 321 g/mol. The fraction of sp³-hybridized carbons (Fsp3) is 0.611. The molecule has 0 atom stereocenters. The van der Waals surface area contributed by atoms with Crippen molar-refractivity contribution in [1.82, 2.24) is 5.32 Å². The zero-order chi connectivity index (χ0) is 16.7. The van der Waals surface area contributed by atoms with Gasteiger partial charge in [0.1, 0.15) is 24.4 Å². The third-order valence-corrected chi connectivity index (χ3v) is 4.33. The third-order valence-electron chi connectivity index (χ3n) is 4.33. The van der Waals surface area contributed by atoms with Crippen LogP contribution < -0.4 is 15.0 Å². The van der Waals surface area contributed by atoms with Crippen molar-refractivity contribution in [3.8, 4) is 5.75 Å². The minimum atomic E-state index is -0.0345. The van der Waals surface area contributed by atoms with Crippen molar-refractivity contribution in [2.75, 3.05) is 39.5 Å². The first kappa shape index (κ1) is 17.8. The van der Waals surface area contributed by atoms with Crippen molar-refractivity contribution in [1.29, 1.82) is 0 Å². The van der Waals surface area contributed by atoms with E-state index < -0.39 is 0 Å². The monoisotopic (exact) mass is 321 g/mol. The first-order valence-electron chi connectivity index (χ1n) is 8.47. The number of carbonyl (C=O) groups excluding carboxylic acids is 1. The number of ether oxygens (including phenoxy) is 2. The van der Waals surface area contributed by atoms with E-state index in [0.29, 0.717) is 18.7 Å². The van der Waals surface area contributed by atoms with Crippen LogP contribution in [0.15, 0.2) is 24.3 Å². The van der Waals surface area contributed by atoms with E-state index in [-0.39, 0.29) is 11.4 Å². The summed E-state index contributed by atoms with van der Waals surface area (Å²) in [6, 6.07) is 7.33. The number of benzene rings is 1. The summed E-state index contributed by atoms with van der Waals surface area (Å²) in [4.78, 5) is 13.8. The molecule has 0 bridgehead atoms. The van der Waals surface area contributed by atoms with Crippen LogP contribution in [0.2, 0.25) is 0 Å². The molecule has 1 saturated heterocycles. The van der Waals surface area contributed by atoms with Gasteiger partial charge >= 0.3 is 0 Å². The smallest absolute Gasteiger partial charge is 0.251 e. The van der Waals surface area contributed by atoms with Gasteiger partial charge in [0.15, 0.2) is 0 Å². The third kappa shape index (κ3) is 5.22. The first-order valence-corrected chi connectivity index (χ1v) is 8.47. The van der Waals surface area contributed by atoms with Crippen LogP contribution in [0.4, 0.5) is 0 Å². The van der Waals surface area contributed by atoms with Gasteiger partial charge in [-0.05, 0) is 44.5 Å². The summed E-state index contributed by atoms with van der Waals surface area (Å²) < 4.78 is 10.9. The van der Waals surface area contributed by atoms with Crippen LogP contribution in [0.5, 0.6) is 5.75 Å². The number of hydrogen-bond donors (Lipinski definition) is 2. The van der Waals surface area contributed by atoms with Crippen molar-refractivity contribution >= 4 is 5.91 Å². The molecule has 1 aliphatic heterocycles. The van der Waals surface area contributed by atoms with E-state index in [1.807, 2.05) is 24.3 Å². The number of morpholine rings is 1. The summed E-state index contributed by atoms with van der Waals surface area (Å²) in [6.45, 7) is 11.4. The molecule has 0 unspecified atom stereocenters. The Morgan fingerprint density at radius 1 is 1.26 bits per heavy atom. The van der Waals surface area contributed by atoms with E-state index in [2.05, 4.69) is 26.1 Å². The van der Waals surface area contributed by atoms with Crippen molar-refractivity contribution in [2.45, 2.75) is 32.7 Å². The highest BCUT2D eigenvalue weighted by Crippen LogP contribution is 2.12. The fourth-order valence-corrected chi connectivity index (χ4v) is 2.75. The highest BCUT2D eigenvalue weighted by atomic mass is 16.5. The van der Waals surface area contributed by atoms with Gasteiger partial charge < -0.3 is 19.7 Å². The molecule has 0 aliphatic carbocycles. The predicted octanol–water partition coefficient (Wildman–Crippen LogP) is 0.899. The standard InChI is InChI=1S/C18H28N2O3/c1-4-11-23-16-7-5-15(6-8-16)17(21)19-14-18(2,3)20-9-12-22-13-10-20/h5-8H,4,9-14H2,1-3H3,(H,19,21)/p+1. The number of amides is 1. The maximum Gasteiger partial charge on any atom is 0.251 e. The summed E-state index contributed by atoms with van der Waals surface area (Å²) in [5.41, 5.74) is 0.672. The molecule has 5 heteroatoms. The largest absolute Gasteiger partial charge is 0.494 e. The molecule has 1 aromatic rings. The second kappa shape index (κ2) is 8.31. The molecule has 1 aliphatic rings. The average Bonchev–Trinajstić information content (AvgIpc) is 2.59. The van der Waals surface area contributed by atoms with E-state index >= 15 is 0 Å². The van der Waals surface area contributed by atoms with Crippen LogP contribution >= 0.6 is 0 Å². The Balaban J connectivity index is 1.85. The lowest BCUT2D eigenvalue weighted by atomic mass is 10.0. The molecule has 128 valence electrons. The maximum absolute atomic E-state index is 12.3. The predicted molar refractivity (Wildman–Crippen MR) is 90.2 cm³/mol. The molecule has 0 radical (unpaired) electrons. The Kier molecular flexibility index (Phi) is 6.42. The number of quaternary nitrogens is 1. The van der Waals surface area contributed by atoms with Gasteiger partial charge in [-0.2, -0.15) is 0 Å². The lowest BCUT2D eigenvalue weighted by Gasteiger charge is -2.37. The molecule has 1 fully saturated rings. The molecule has 0 spiro atoms. The van der Waals surface area contributed by atoms with E-state index in [1.165, 1.54) is 4.90 Å². The topological polar surface area (TPSA) is 52.0 Å². The van der Waals surface area contributed by atoms with Gasteiger partial charge in [0.25, 0.3) is 5.91 Å². The Labute approximate surface area is 139 Å². The summed E-state index contributed by atoms with van der Waals surface area (Å²) in [7, 11) is 0. The number of nitrogens with one attached hydrogen (secondary N) is 2. The second-order valence-corrected chi connectivity index (χ2v) is 6.66. The SMILES string of the molecule is CCCOc1ccc(C(=O)NCC(C)(C)[NH+]2CCOCC2)cc1. The van der Waals surface area contributed by atoms with Crippen molar-refractivity contribution in [3.63, 3.8) is 0 Å².